The van der Waals surface area contributed by atoms with Gasteiger partial charge < -0.3 is 5.32 Å². The highest BCUT2D eigenvalue weighted by molar-refractivity contribution is 9.10. The van der Waals surface area contributed by atoms with Crippen molar-refractivity contribution in [1.82, 2.24) is 0 Å². The van der Waals surface area contributed by atoms with Crippen LogP contribution in [0.15, 0.2) is 83.3 Å². The number of hydrogen-bond acceptors (Lipinski definition) is 2. The first-order valence-corrected chi connectivity index (χ1v) is 9.46. The monoisotopic (exact) mass is 407 g/mol. The van der Waals surface area contributed by atoms with Crippen LogP contribution in [0.25, 0.3) is 20.5 Å². The quantitative estimate of drug-likeness (QED) is 0.408. The number of benzene rings is 3. The van der Waals surface area contributed by atoms with Crippen LogP contribution in [0.1, 0.15) is 10.4 Å². The molecule has 0 aliphatic rings. The van der Waals surface area contributed by atoms with Gasteiger partial charge in [-0.15, -0.1) is 11.3 Å². The molecule has 4 rings (SSSR count). The van der Waals surface area contributed by atoms with Gasteiger partial charge in [-0.2, -0.15) is 0 Å². The summed E-state index contributed by atoms with van der Waals surface area (Å²) >= 11 is 5.14. The highest BCUT2D eigenvalue weighted by atomic mass is 79.9. The fourth-order valence-corrected chi connectivity index (χ4v) is 4.25. The number of anilines is 1. The van der Waals surface area contributed by atoms with E-state index in [1.165, 1.54) is 10.1 Å². The number of rotatable bonds is 3. The lowest BCUT2D eigenvalue weighted by Gasteiger charge is -2.10. The molecule has 0 aliphatic heterocycles. The van der Waals surface area contributed by atoms with Crippen LogP contribution in [0.4, 0.5) is 5.69 Å². The maximum Gasteiger partial charge on any atom is 0.255 e. The zero-order valence-corrected chi connectivity index (χ0v) is 15.6. The van der Waals surface area contributed by atoms with Crippen molar-refractivity contribution in [2.45, 2.75) is 0 Å². The number of thiophene rings is 1. The van der Waals surface area contributed by atoms with Crippen LogP contribution >= 0.6 is 27.3 Å². The van der Waals surface area contributed by atoms with E-state index in [1.807, 2.05) is 60.7 Å². The average Bonchev–Trinajstić information content (AvgIpc) is 3.06. The molecule has 0 saturated carbocycles. The van der Waals surface area contributed by atoms with Gasteiger partial charge in [-0.25, -0.2) is 0 Å². The second-order valence-electron chi connectivity index (χ2n) is 5.66. The highest BCUT2D eigenvalue weighted by Crippen LogP contribution is 2.37. The Morgan fingerprint density at radius 3 is 2.52 bits per heavy atom. The zero-order valence-electron chi connectivity index (χ0n) is 13.2. The van der Waals surface area contributed by atoms with Crippen molar-refractivity contribution >= 4 is 48.9 Å². The minimum atomic E-state index is -0.116. The third-order valence-electron chi connectivity index (χ3n) is 3.95. The number of fused-ring (bicyclic) bond motifs is 1. The van der Waals surface area contributed by atoms with E-state index in [9.17, 15) is 4.79 Å². The summed E-state index contributed by atoms with van der Waals surface area (Å²) in [7, 11) is 0. The fourth-order valence-electron chi connectivity index (χ4n) is 2.75. The van der Waals surface area contributed by atoms with Crippen LogP contribution in [0.5, 0.6) is 0 Å². The second-order valence-corrected chi connectivity index (χ2v) is 7.66. The van der Waals surface area contributed by atoms with Gasteiger partial charge in [-0.1, -0.05) is 58.4 Å². The van der Waals surface area contributed by atoms with Gasteiger partial charge >= 0.3 is 0 Å². The summed E-state index contributed by atoms with van der Waals surface area (Å²) in [6.45, 7) is 0. The van der Waals surface area contributed by atoms with Gasteiger partial charge in [0.15, 0.2) is 0 Å². The van der Waals surface area contributed by atoms with Gasteiger partial charge in [0.25, 0.3) is 5.91 Å². The Labute approximate surface area is 158 Å². The molecule has 0 fully saturated rings. The molecule has 0 atom stereocenters. The summed E-state index contributed by atoms with van der Waals surface area (Å²) in [5, 5.41) is 4.26. The van der Waals surface area contributed by atoms with Gasteiger partial charge in [0.1, 0.15) is 0 Å². The number of amides is 1. The van der Waals surface area contributed by atoms with Gasteiger partial charge in [-0.05, 0) is 41.8 Å². The number of halogens is 1. The topological polar surface area (TPSA) is 29.1 Å². The van der Waals surface area contributed by atoms with Crippen molar-refractivity contribution in [1.29, 1.82) is 0 Å². The standard InChI is InChI=1S/C21H14BrNOS/c22-16-8-5-7-15(12-16)21(24)23-18-10-3-2-9-17(18)20-13-14-6-1-4-11-19(14)25-20/h1-13H,(H,23,24). The van der Waals surface area contributed by atoms with Crippen LogP contribution in [-0.2, 0) is 0 Å². The Morgan fingerprint density at radius 2 is 1.68 bits per heavy atom. The molecule has 1 amide bonds. The summed E-state index contributed by atoms with van der Waals surface area (Å²) in [5.74, 6) is -0.116. The number of para-hydroxylation sites is 1. The number of hydrogen-bond donors (Lipinski definition) is 1. The normalized spacial score (nSPS) is 10.8. The maximum atomic E-state index is 12.6. The Balaban J connectivity index is 1.70. The van der Waals surface area contributed by atoms with Crippen molar-refractivity contribution < 1.29 is 4.79 Å². The largest absolute Gasteiger partial charge is 0.321 e. The van der Waals surface area contributed by atoms with E-state index < -0.39 is 0 Å². The summed E-state index contributed by atoms with van der Waals surface area (Å²) in [6.07, 6.45) is 0. The molecular formula is C21H14BrNOS. The van der Waals surface area contributed by atoms with Crippen molar-refractivity contribution in [2.24, 2.45) is 0 Å². The summed E-state index contributed by atoms with van der Waals surface area (Å²) < 4.78 is 2.13. The zero-order chi connectivity index (χ0) is 17.2. The molecule has 1 aromatic heterocycles. The van der Waals surface area contributed by atoms with Gasteiger partial charge in [0, 0.05) is 30.9 Å². The minimum absolute atomic E-state index is 0.116. The van der Waals surface area contributed by atoms with Crippen LogP contribution in [0.2, 0.25) is 0 Å². The fraction of sp³-hybridized carbons (Fsp3) is 0. The van der Waals surface area contributed by atoms with E-state index in [0.717, 1.165) is 20.6 Å². The highest BCUT2D eigenvalue weighted by Gasteiger charge is 2.12. The smallest absolute Gasteiger partial charge is 0.255 e. The predicted octanol–water partition coefficient (Wildman–Crippen LogP) is 6.58. The molecule has 1 N–H and O–H groups in total. The lowest BCUT2D eigenvalue weighted by Crippen LogP contribution is -2.12. The number of carbonyl (C=O) groups is 1. The Hall–Kier alpha value is -2.43. The first kappa shape index (κ1) is 16.1. The molecule has 1 heterocycles. The van der Waals surface area contributed by atoms with E-state index in [2.05, 4.69) is 39.4 Å². The second kappa shape index (κ2) is 6.82. The molecule has 4 heteroatoms. The molecule has 0 unspecified atom stereocenters. The van der Waals surface area contributed by atoms with Gasteiger partial charge in [0.2, 0.25) is 0 Å². The SMILES string of the molecule is O=C(Nc1ccccc1-c1cc2ccccc2s1)c1cccc(Br)c1. The lowest BCUT2D eigenvalue weighted by molar-refractivity contribution is 0.102. The van der Waals surface area contributed by atoms with Gasteiger partial charge in [0.05, 0.1) is 0 Å². The molecule has 0 spiro atoms. The number of carbonyl (C=O) groups excluding carboxylic acids is 1. The molecule has 3 aromatic carbocycles. The molecule has 0 aliphatic carbocycles. The summed E-state index contributed by atoms with van der Waals surface area (Å²) in [4.78, 5) is 13.7. The number of nitrogens with one attached hydrogen (secondary N) is 1. The van der Waals surface area contributed by atoms with Crippen LogP contribution < -0.4 is 5.32 Å². The maximum absolute atomic E-state index is 12.6. The molecule has 0 bridgehead atoms. The average molecular weight is 408 g/mol. The molecule has 4 aromatic rings. The first-order valence-electron chi connectivity index (χ1n) is 7.85. The minimum Gasteiger partial charge on any atom is -0.321 e. The lowest BCUT2D eigenvalue weighted by atomic mass is 10.1. The molecule has 122 valence electrons. The van der Waals surface area contributed by atoms with E-state index >= 15 is 0 Å². The summed E-state index contributed by atoms with van der Waals surface area (Å²) in [5.41, 5.74) is 2.48. The molecule has 2 nitrogen and oxygen atoms in total. The molecular weight excluding hydrogens is 394 g/mol. The van der Waals surface area contributed by atoms with Crippen molar-refractivity contribution in [2.75, 3.05) is 5.32 Å². The Bertz CT molecular complexity index is 1040. The molecule has 25 heavy (non-hydrogen) atoms. The van der Waals surface area contributed by atoms with Gasteiger partial charge in [-0.3, -0.25) is 4.79 Å². The molecule has 0 radical (unpaired) electrons. The van der Waals surface area contributed by atoms with Crippen molar-refractivity contribution in [3.63, 3.8) is 0 Å². The Kier molecular flexibility index (Phi) is 4.38. The van der Waals surface area contributed by atoms with Crippen molar-refractivity contribution in [3.05, 3.63) is 88.9 Å². The third-order valence-corrected chi connectivity index (χ3v) is 5.60. The van der Waals surface area contributed by atoms with E-state index in [0.29, 0.717) is 5.56 Å². The summed E-state index contributed by atoms with van der Waals surface area (Å²) in [6, 6.07) is 25.8. The van der Waals surface area contributed by atoms with Crippen molar-refractivity contribution in [3.8, 4) is 10.4 Å². The van der Waals surface area contributed by atoms with E-state index in [4.69, 9.17) is 0 Å². The predicted molar refractivity (Wildman–Crippen MR) is 109 cm³/mol. The van der Waals surface area contributed by atoms with E-state index in [-0.39, 0.29) is 5.91 Å². The van der Waals surface area contributed by atoms with E-state index in [1.54, 1.807) is 11.3 Å². The first-order chi connectivity index (χ1) is 12.2. The Morgan fingerprint density at radius 1 is 0.880 bits per heavy atom. The van der Waals surface area contributed by atoms with Crippen LogP contribution in [0.3, 0.4) is 0 Å². The van der Waals surface area contributed by atoms with Crippen LogP contribution in [0, 0.1) is 0 Å². The molecule has 0 saturated heterocycles. The van der Waals surface area contributed by atoms with Crippen LogP contribution in [-0.4, -0.2) is 5.91 Å². The third kappa shape index (κ3) is 3.36.